The first-order valence-electron chi connectivity index (χ1n) is 15.0. The minimum Gasteiger partial charge on any atom is -0.479 e. The molecule has 4 atom stereocenters. The quantitative estimate of drug-likeness (QED) is 0.0800. The zero-order valence-electron chi connectivity index (χ0n) is 24.3. The molecule has 0 aromatic carbocycles. The Balaban J connectivity index is 4.61. The van der Waals surface area contributed by atoms with Crippen molar-refractivity contribution in [3.63, 3.8) is 0 Å². The standard InChI is InChI=1S/C28H57O8PS/c1-4-6-8-10-12-13-14-16-18-23-38(33,34)26(20-17-15-11-9-7-5-2)25(3)36-22-19-21-35-24-28(31,37-32)27(29)30/h25-26,31H,4-24,37H2,1-3H3,(H,29,30). The number of aliphatic hydroxyl groups is 1. The van der Waals surface area contributed by atoms with E-state index in [9.17, 15) is 22.9 Å². The number of ether oxygens (including phenoxy) is 2. The van der Waals surface area contributed by atoms with Crippen molar-refractivity contribution in [2.45, 2.75) is 147 Å². The second-order valence-electron chi connectivity index (χ2n) is 10.6. The van der Waals surface area contributed by atoms with Crippen LogP contribution in [0.3, 0.4) is 0 Å². The maximum absolute atomic E-state index is 13.3. The van der Waals surface area contributed by atoms with E-state index in [0.717, 1.165) is 32.1 Å². The fourth-order valence-corrected chi connectivity index (χ4v) is 6.89. The summed E-state index contributed by atoms with van der Waals surface area (Å²) < 4.78 is 48.6. The van der Waals surface area contributed by atoms with Crippen LogP contribution in [0.15, 0.2) is 0 Å². The second-order valence-corrected chi connectivity index (χ2v) is 14.1. The number of carboxylic acids is 1. The number of hydrogen-bond donors (Lipinski definition) is 2. The molecule has 0 aliphatic carbocycles. The summed E-state index contributed by atoms with van der Waals surface area (Å²) in [6.45, 7) is 6.04. The third-order valence-electron chi connectivity index (χ3n) is 7.06. The lowest BCUT2D eigenvalue weighted by atomic mass is 10.1. The van der Waals surface area contributed by atoms with Crippen molar-refractivity contribution in [3.8, 4) is 0 Å². The number of unbranched alkanes of at least 4 members (excludes halogenated alkanes) is 13. The highest BCUT2D eigenvalue weighted by Gasteiger charge is 2.35. The van der Waals surface area contributed by atoms with E-state index >= 15 is 0 Å². The molecular weight excluding hydrogens is 527 g/mol. The number of sulfone groups is 1. The fourth-order valence-electron chi connectivity index (χ4n) is 4.51. The molecule has 0 rings (SSSR count). The summed E-state index contributed by atoms with van der Waals surface area (Å²) in [5.41, 5.74) is 0. The van der Waals surface area contributed by atoms with Crippen molar-refractivity contribution < 1.29 is 37.5 Å². The molecule has 0 amide bonds. The second kappa shape index (κ2) is 23.3. The van der Waals surface area contributed by atoms with E-state index in [-0.39, 0.29) is 19.0 Å². The number of aliphatic carboxylic acids is 1. The lowest BCUT2D eigenvalue weighted by Gasteiger charge is -2.25. The molecule has 0 spiro atoms. The minimum absolute atomic E-state index is 0.120. The van der Waals surface area contributed by atoms with Gasteiger partial charge in [0.05, 0.1) is 23.7 Å². The van der Waals surface area contributed by atoms with Crippen LogP contribution in [-0.4, -0.2) is 66.9 Å². The van der Waals surface area contributed by atoms with Gasteiger partial charge in [-0.15, -0.1) is 0 Å². The van der Waals surface area contributed by atoms with Crippen molar-refractivity contribution >= 4 is 24.3 Å². The number of carboxylic acid groups (broad SMARTS) is 1. The van der Waals surface area contributed by atoms with Crippen LogP contribution in [-0.2, 0) is 28.7 Å². The van der Waals surface area contributed by atoms with E-state index < -0.39 is 47.6 Å². The molecular formula is C28H57O8PS. The molecule has 0 saturated carbocycles. The average Bonchev–Trinajstić information content (AvgIpc) is 2.88. The first-order chi connectivity index (χ1) is 18.1. The van der Waals surface area contributed by atoms with Crippen molar-refractivity contribution in [1.29, 1.82) is 0 Å². The number of rotatable bonds is 28. The predicted molar refractivity (Wildman–Crippen MR) is 157 cm³/mol. The Morgan fingerprint density at radius 3 is 1.82 bits per heavy atom. The third-order valence-corrected chi connectivity index (χ3v) is 10.3. The summed E-state index contributed by atoms with van der Waals surface area (Å²) in [5.74, 6) is -1.37. The number of hydrogen-bond acceptors (Lipinski definition) is 7. The summed E-state index contributed by atoms with van der Waals surface area (Å²) in [4.78, 5) is 11.0. The van der Waals surface area contributed by atoms with Crippen molar-refractivity contribution in [1.82, 2.24) is 0 Å². The van der Waals surface area contributed by atoms with Gasteiger partial charge in [0.15, 0.2) is 9.84 Å². The molecule has 0 fully saturated rings. The van der Waals surface area contributed by atoms with Crippen molar-refractivity contribution in [2.75, 3.05) is 25.6 Å². The molecule has 0 heterocycles. The van der Waals surface area contributed by atoms with Crippen LogP contribution in [0.5, 0.6) is 0 Å². The highest BCUT2D eigenvalue weighted by molar-refractivity contribution is 7.92. The Hall–Kier alpha value is -0.470. The smallest absolute Gasteiger partial charge is 0.345 e. The Bertz CT molecular complexity index is 703. The zero-order chi connectivity index (χ0) is 28.7. The van der Waals surface area contributed by atoms with Gasteiger partial charge in [-0.05, 0) is 26.2 Å². The SMILES string of the molecule is CCCCCCCCCCCS(=O)(=O)C(CCCCCCCC)C(C)OCCCOCC(O)([PH2]=O)C(=O)O. The molecule has 0 aromatic rings. The summed E-state index contributed by atoms with van der Waals surface area (Å²) in [7, 11) is -5.23. The topological polar surface area (TPSA) is 127 Å². The molecule has 0 aliphatic heterocycles. The van der Waals surface area contributed by atoms with Crippen LogP contribution < -0.4 is 0 Å². The van der Waals surface area contributed by atoms with E-state index in [1.807, 2.05) is 6.92 Å². The van der Waals surface area contributed by atoms with Crippen molar-refractivity contribution in [2.24, 2.45) is 0 Å². The van der Waals surface area contributed by atoms with Crippen LogP contribution in [0.4, 0.5) is 0 Å². The summed E-state index contributed by atoms with van der Waals surface area (Å²) in [5, 5.41) is 15.8. The Kier molecular flexibility index (Phi) is 23.0. The maximum atomic E-state index is 13.3. The molecule has 0 bridgehead atoms. The highest BCUT2D eigenvalue weighted by atomic mass is 32.2. The van der Waals surface area contributed by atoms with Crippen LogP contribution in [0.25, 0.3) is 0 Å². The van der Waals surface area contributed by atoms with Gasteiger partial charge in [-0.3, -0.25) is 0 Å². The molecule has 8 nitrogen and oxygen atoms in total. The summed E-state index contributed by atoms with van der Waals surface area (Å²) >= 11 is 0. The predicted octanol–water partition coefficient (Wildman–Crippen LogP) is 6.39. The van der Waals surface area contributed by atoms with Gasteiger partial charge < -0.3 is 24.3 Å². The molecule has 0 aromatic heterocycles. The van der Waals surface area contributed by atoms with E-state index in [1.54, 1.807) is 0 Å². The van der Waals surface area contributed by atoms with E-state index in [2.05, 4.69) is 13.8 Å². The fraction of sp³-hybridized carbons (Fsp3) is 0.964. The Morgan fingerprint density at radius 2 is 1.32 bits per heavy atom. The molecule has 4 unspecified atom stereocenters. The lowest BCUT2D eigenvalue weighted by molar-refractivity contribution is -0.154. The summed E-state index contributed by atoms with van der Waals surface area (Å²) in [6.07, 6.45) is 17.4. The largest absolute Gasteiger partial charge is 0.479 e. The summed E-state index contributed by atoms with van der Waals surface area (Å²) in [6, 6.07) is 0. The Labute approximate surface area is 233 Å². The molecule has 0 saturated heterocycles. The normalized spacial score (nSPS) is 15.6. The van der Waals surface area contributed by atoms with Crippen molar-refractivity contribution in [3.05, 3.63) is 0 Å². The molecule has 38 heavy (non-hydrogen) atoms. The Morgan fingerprint density at radius 1 is 0.816 bits per heavy atom. The van der Waals surface area contributed by atoms with Crippen LogP contribution in [0, 0.1) is 0 Å². The number of carbonyl (C=O) groups is 1. The van der Waals surface area contributed by atoms with E-state index in [1.165, 1.54) is 57.8 Å². The van der Waals surface area contributed by atoms with Gasteiger partial charge in [-0.25, -0.2) is 13.2 Å². The first kappa shape index (κ1) is 37.5. The van der Waals surface area contributed by atoms with Crippen LogP contribution >= 0.6 is 8.46 Å². The van der Waals surface area contributed by atoms with Gasteiger partial charge >= 0.3 is 5.97 Å². The maximum Gasteiger partial charge on any atom is 0.345 e. The van der Waals surface area contributed by atoms with Gasteiger partial charge in [-0.1, -0.05) is 104 Å². The molecule has 2 N–H and O–H groups in total. The molecule has 228 valence electrons. The minimum atomic E-state index is -3.29. The zero-order valence-corrected chi connectivity index (χ0v) is 26.3. The van der Waals surface area contributed by atoms with Crippen LogP contribution in [0.2, 0.25) is 0 Å². The van der Waals surface area contributed by atoms with E-state index in [4.69, 9.17) is 14.6 Å². The van der Waals surface area contributed by atoms with Gasteiger partial charge in [-0.2, -0.15) is 0 Å². The van der Waals surface area contributed by atoms with Gasteiger partial charge in [0.1, 0.15) is 8.46 Å². The van der Waals surface area contributed by atoms with Crippen LogP contribution in [0.1, 0.15) is 130 Å². The third kappa shape index (κ3) is 18.0. The van der Waals surface area contributed by atoms with E-state index in [0.29, 0.717) is 19.3 Å². The van der Waals surface area contributed by atoms with Gasteiger partial charge in [0.25, 0.3) is 0 Å². The molecule has 10 heteroatoms. The molecule has 0 aliphatic rings. The monoisotopic (exact) mass is 584 g/mol. The molecule has 0 radical (unpaired) electrons. The highest BCUT2D eigenvalue weighted by Crippen LogP contribution is 2.22. The van der Waals surface area contributed by atoms with Gasteiger partial charge in [0.2, 0.25) is 5.34 Å². The average molecular weight is 585 g/mol. The first-order valence-corrected chi connectivity index (χ1v) is 17.7. The lowest BCUT2D eigenvalue weighted by Crippen LogP contribution is -2.37. The van der Waals surface area contributed by atoms with Gasteiger partial charge in [0, 0.05) is 13.2 Å².